The fourth-order valence-corrected chi connectivity index (χ4v) is 3.84. The minimum Gasteiger partial charge on any atom is -0.335 e. The van der Waals surface area contributed by atoms with E-state index in [1.54, 1.807) is 11.4 Å². The quantitative estimate of drug-likeness (QED) is 0.795. The Hall–Kier alpha value is -2.16. The van der Waals surface area contributed by atoms with Gasteiger partial charge < -0.3 is 5.32 Å². The van der Waals surface area contributed by atoms with Crippen molar-refractivity contribution < 1.29 is 9.59 Å². The largest absolute Gasteiger partial charge is 0.335 e. The van der Waals surface area contributed by atoms with Crippen LogP contribution in [0.4, 0.5) is 4.79 Å². The molecule has 0 radical (unpaired) electrons. The third-order valence-electron chi connectivity index (χ3n) is 4.43. The zero-order chi connectivity index (χ0) is 18.7. The first kappa shape index (κ1) is 18.6. The van der Waals surface area contributed by atoms with E-state index in [0.29, 0.717) is 10.9 Å². The molecule has 0 aromatic carbocycles. The molecule has 1 fully saturated rings. The van der Waals surface area contributed by atoms with Gasteiger partial charge in [-0.15, -0.1) is 5.10 Å². The molecular weight excluding hydrogens is 352 g/mol. The highest BCUT2D eigenvalue weighted by atomic mass is 32.2. The van der Waals surface area contributed by atoms with Crippen LogP contribution in [0, 0.1) is 13.8 Å². The molecule has 2 heterocycles. The molecule has 1 aliphatic carbocycles. The molecule has 0 spiro atoms. The summed E-state index contributed by atoms with van der Waals surface area (Å²) in [5.41, 5.74) is 1.79. The number of hydrogen-bond donors (Lipinski definition) is 2. The van der Waals surface area contributed by atoms with Crippen LogP contribution in [0.25, 0.3) is 5.78 Å². The Bertz CT molecular complexity index is 815. The van der Waals surface area contributed by atoms with Gasteiger partial charge in [0.2, 0.25) is 11.1 Å². The average molecular weight is 376 g/mol. The van der Waals surface area contributed by atoms with Crippen LogP contribution in [0.2, 0.25) is 0 Å². The van der Waals surface area contributed by atoms with E-state index in [2.05, 4.69) is 25.7 Å². The number of hydrogen-bond acceptors (Lipinski definition) is 6. The summed E-state index contributed by atoms with van der Waals surface area (Å²) < 4.78 is 1.65. The predicted octanol–water partition coefficient (Wildman–Crippen LogP) is 2.38. The van der Waals surface area contributed by atoms with Crippen molar-refractivity contribution in [2.45, 2.75) is 69.3 Å². The second-order valence-corrected chi connectivity index (χ2v) is 8.01. The van der Waals surface area contributed by atoms with Crippen LogP contribution in [0.1, 0.15) is 50.4 Å². The molecule has 26 heavy (non-hydrogen) atoms. The summed E-state index contributed by atoms with van der Waals surface area (Å²) in [7, 11) is 0. The Kier molecular flexibility index (Phi) is 5.75. The lowest BCUT2D eigenvalue weighted by Crippen LogP contribution is -2.47. The number of thioether (sulfide) groups is 1. The van der Waals surface area contributed by atoms with E-state index in [4.69, 9.17) is 0 Å². The van der Waals surface area contributed by atoms with Gasteiger partial charge in [-0.1, -0.05) is 31.0 Å². The highest BCUT2D eigenvalue weighted by molar-refractivity contribution is 8.00. The normalized spacial score (nSPS) is 16.4. The van der Waals surface area contributed by atoms with E-state index in [0.717, 1.165) is 37.1 Å². The molecule has 0 saturated heterocycles. The number of urea groups is 1. The third kappa shape index (κ3) is 4.51. The van der Waals surface area contributed by atoms with Crippen LogP contribution in [-0.4, -0.2) is 42.8 Å². The maximum atomic E-state index is 12.3. The first-order valence-electron chi connectivity index (χ1n) is 8.91. The number of nitrogens with one attached hydrogen (secondary N) is 2. The first-order valence-corrected chi connectivity index (χ1v) is 9.79. The van der Waals surface area contributed by atoms with E-state index >= 15 is 0 Å². The number of carbonyl (C=O) groups excluding carboxylic acids is 2. The molecular formula is C17H24N6O2S. The van der Waals surface area contributed by atoms with Crippen molar-refractivity contribution in [2.24, 2.45) is 0 Å². The molecule has 3 rings (SSSR count). The van der Waals surface area contributed by atoms with Crippen molar-refractivity contribution in [3.63, 3.8) is 0 Å². The number of imide groups is 1. The van der Waals surface area contributed by atoms with E-state index in [9.17, 15) is 9.59 Å². The number of aromatic nitrogens is 4. The monoisotopic (exact) mass is 376 g/mol. The number of nitrogens with zero attached hydrogens (tertiary/aromatic N) is 4. The minimum absolute atomic E-state index is 0.164. The van der Waals surface area contributed by atoms with Crippen molar-refractivity contribution in [2.75, 3.05) is 0 Å². The summed E-state index contributed by atoms with van der Waals surface area (Å²) in [5.74, 6) is 0.149. The van der Waals surface area contributed by atoms with Gasteiger partial charge in [0.25, 0.3) is 5.78 Å². The summed E-state index contributed by atoms with van der Waals surface area (Å²) >= 11 is 1.20. The highest BCUT2D eigenvalue weighted by Crippen LogP contribution is 2.21. The van der Waals surface area contributed by atoms with Crippen LogP contribution < -0.4 is 10.6 Å². The van der Waals surface area contributed by atoms with Crippen molar-refractivity contribution in [1.82, 2.24) is 30.2 Å². The molecule has 2 aromatic rings. The second-order valence-electron chi connectivity index (χ2n) is 6.70. The second kappa shape index (κ2) is 8.03. The molecule has 0 aliphatic heterocycles. The average Bonchev–Trinajstić information content (AvgIpc) is 2.98. The van der Waals surface area contributed by atoms with Gasteiger partial charge in [-0.25, -0.2) is 14.3 Å². The Morgan fingerprint density at radius 3 is 2.69 bits per heavy atom. The van der Waals surface area contributed by atoms with Gasteiger partial charge >= 0.3 is 6.03 Å². The van der Waals surface area contributed by atoms with Crippen LogP contribution in [0.15, 0.2) is 11.2 Å². The zero-order valence-corrected chi connectivity index (χ0v) is 16.1. The van der Waals surface area contributed by atoms with Gasteiger partial charge in [0.05, 0.1) is 5.25 Å². The third-order valence-corrected chi connectivity index (χ3v) is 5.38. The van der Waals surface area contributed by atoms with Gasteiger partial charge in [0.1, 0.15) is 0 Å². The summed E-state index contributed by atoms with van der Waals surface area (Å²) in [5, 5.41) is 9.63. The molecule has 140 valence electrons. The summed E-state index contributed by atoms with van der Waals surface area (Å²) in [6.45, 7) is 5.55. The Morgan fingerprint density at radius 2 is 1.96 bits per heavy atom. The van der Waals surface area contributed by atoms with Gasteiger partial charge in [0, 0.05) is 17.4 Å². The first-order chi connectivity index (χ1) is 12.4. The van der Waals surface area contributed by atoms with Gasteiger partial charge in [-0.2, -0.15) is 4.98 Å². The van der Waals surface area contributed by atoms with Crippen molar-refractivity contribution in [1.29, 1.82) is 0 Å². The molecule has 2 aromatic heterocycles. The van der Waals surface area contributed by atoms with E-state index in [1.807, 2.05) is 19.9 Å². The van der Waals surface area contributed by atoms with Crippen LogP contribution in [0.5, 0.6) is 0 Å². The van der Waals surface area contributed by atoms with Crippen LogP contribution in [0.3, 0.4) is 0 Å². The Morgan fingerprint density at radius 1 is 1.23 bits per heavy atom. The molecule has 8 nitrogen and oxygen atoms in total. The molecule has 2 N–H and O–H groups in total. The number of aryl methyl sites for hydroxylation is 2. The lowest BCUT2D eigenvalue weighted by atomic mass is 9.96. The maximum absolute atomic E-state index is 12.3. The Labute approximate surface area is 156 Å². The molecule has 1 atom stereocenters. The standard InChI is InChI=1S/C17H24N6O2S/c1-10-9-11(2)23-15(18-10)21-17(22-23)26-12(3)14(24)20-16(25)19-13-7-5-4-6-8-13/h9,12-13H,4-8H2,1-3H3,(H2,19,20,24,25)/t12-/m0/s1. The fourth-order valence-electron chi connectivity index (χ4n) is 3.09. The summed E-state index contributed by atoms with van der Waals surface area (Å²) in [4.78, 5) is 33.0. The minimum atomic E-state index is -0.495. The van der Waals surface area contributed by atoms with Crippen LogP contribution in [-0.2, 0) is 4.79 Å². The molecule has 9 heteroatoms. The number of amides is 3. The van der Waals surface area contributed by atoms with Crippen molar-refractivity contribution >= 4 is 29.5 Å². The predicted molar refractivity (Wildman–Crippen MR) is 99.1 cm³/mol. The number of rotatable bonds is 4. The van der Waals surface area contributed by atoms with Crippen molar-refractivity contribution in [3.8, 4) is 0 Å². The molecule has 0 bridgehead atoms. The molecule has 0 unspecified atom stereocenters. The highest BCUT2D eigenvalue weighted by Gasteiger charge is 2.22. The summed E-state index contributed by atoms with van der Waals surface area (Å²) in [6.07, 6.45) is 5.41. The molecule has 1 saturated carbocycles. The van der Waals surface area contributed by atoms with E-state index < -0.39 is 11.3 Å². The van der Waals surface area contributed by atoms with Crippen molar-refractivity contribution in [3.05, 3.63) is 17.5 Å². The smallest absolute Gasteiger partial charge is 0.321 e. The number of carbonyl (C=O) groups is 2. The molecule has 1 aliphatic rings. The SMILES string of the molecule is Cc1cc(C)n2nc(S[C@@H](C)C(=O)NC(=O)NC3CCCCC3)nc2n1. The number of fused-ring (bicyclic) bond motifs is 1. The summed E-state index contributed by atoms with van der Waals surface area (Å²) in [6, 6.07) is 1.66. The van der Waals surface area contributed by atoms with Gasteiger partial charge in [0.15, 0.2) is 0 Å². The Balaban J connectivity index is 1.56. The lowest BCUT2D eigenvalue weighted by molar-refractivity contribution is -0.119. The van der Waals surface area contributed by atoms with Crippen LogP contribution >= 0.6 is 11.8 Å². The van der Waals surface area contributed by atoms with Gasteiger partial charge in [-0.05, 0) is 39.7 Å². The van der Waals surface area contributed by atoms with Gasteiger partial charge in [-0.3, -0.25) is 10.1 Å². The lowest BCUT2D eigenvalue weighted by Gasteiger charge is -2.22. The zero-order valence-electron chi connectivity index (χ0n) is 15.3. The fraction of sp³-hybridized carbons (Fsp3) is 0.588. The maximum Gasteiger partial charge on any atom is 0.321 e. The topological polar surface area (TPSA) is 101 Å². The van der Waals surface area contributed by atoms with E-state index in [1.165, 1.54) is 18.2 Å². The molecule has 3 amide bonds. The van der Waals surface area contributed by atoms with E-state index in [-0.39, 0.29) is 11.9 Å².